The van der Waals surface area contributed by atoms with Crippen LogP contribution in [0.3, 0.4) is 0 Å². The molecule has 5 fully saturated rings. The highest BCUT2D eigenvalue weighted by atomic mass is 16.6. The van der Waals surface area contributed by atoms with Gasteiger partial charge in [0.05, 0.1) is 13.0 Å². The number of esters is 2. The van der Waals surface area contributed by atoms with Crippen LogP contribution in [0.2, 0.25) is 0 Å². The number of fused-ring (bicyclic) bond motifs is 4. The van der Waals surface area contributed by atoms with E-state index in [1.165, 1.54) is 12.7 Å². The van der Waals surface area contributed by atoms with Crippen molar-refractivity contribution in [3.05, 3.63) is 11.6 Å². The Morgan fingerprint density at radius 1 is 1.13 bits per heavy atom. The van der Waals surface area contributed by atoms with Gasteiger partial charge in [-0.3, -0.25) is 14.4 Å². The van der Waals surface area contributed by atoms with Gasteiger partial charge in [-0.05, 0) is 79.6 Å². The van der Waals surface area contributed by atoms with Gasteiger partial charge in [0.1, 0.15) is 5.60 Å². The third-order valence-corrected chi connectivity index (χ3v) is 10.9. The average Bonchev–Trinajstić information content (AvgIpc) is 3.20. The molecule has 6 rings (SSSR count). The van der Waals surface area contributed by atoms with E-state index in [0.29, 0.717) is 31.1 Å². The number of rotatable bonds is 1. The lowest BCUT2D eigenvalue weighted by atomic mass is 9.43. The number of hydrogen-bond acceptors (Lipinski definition) is 5. The van der Waals surface area contributed by atoms with Crippen molar-refractivity contribution in [2.24, 2.45) is 39.9 Å². The lowest BCUT2D eigenvalue weighted by Crippen LogP contribution is -2.59. The SMILES string of the molecule is COC(=O)[C@@H]1CC2=CC(=O)CCC2(C)C23C[C@@H]2CC2(C)[C@@H](CC[C@@]24CCC(=O)O4)C13. The Bertz CT molecular complexity index is 905. The van der Waals surface area contributed by atoms with Gasteiger partial charge < -0.3 is 9.47 Å². The summed E-state index contributed by atoms with van der Waals surface area (Å²) in [6.07, 6.45) is 9.53. The van der Waals surface area contributed by atoms with E-state index in [0.717, 1.165) is 38.5 Å². The first kappa shape index (κ1) is 19.1. The molecule has 6 aliphatic rings. The molecule has 30 heavy (non-hydrogen) atoms. The molecule has 8 atom stereocenters. The maximum atomic E-state index is 13.1. The van der Waals surface area contributed by atoms with E-state index in [9.17, 15) is 14.4 Å². The molecule has 0 amide bonds. The fraction of sp³-hybridized carbons (Fsp3) is 0.800. The number of methoxy groups -OCH3 is 1. The van der Waals surface area contributed by atoms with Crippen molar-refractivity contribution in [1.29, 1.82) is 0 Å². The van der Waals surface area contributed by atoms with Gasteiger partial charge in [-0.1, -0.05) is 19.4 Å². The van der Waals surface area contributed by atoms with Crippen LogP contribution in [-0.2, 0) is 23.9 Å². The van der Waals surface area contributed by atoms with Crippen molar-refractivity contribution in [1.82, 2.24) is 0 Å². The molecule has 5 heteroatoms. The molecule has 1 saturated heterocycles. The minimum atomic E-state index is -0.344. The summed E-state index contributed by atoms with van der Waals surface area (Å²) in [5, 5.41) is 0. The molecular formula is C25H32O5. The van der Waals surface area contributed by atoms with Crippen LogP contribution in [0.1, 0.15) is 71.6 Å². The zero-order valence-electron chi connectivity index (χ0n) is 18.3. The molecule has 162 valence electrons. The number of allylic oxidation sites excluding steroid dienone is 1. The number of carbonyl (C=O) groups is 3. The van der Waals surface area contributed by atoms with E-state index in [-0.39, 0.29) is 51.4 Å². The number of carbonyl (C=O) groups excluding carboxylic acids is 3. The molecule has 0 bridgehead atoms. The topological polar surface area (TPSA) is 69.7 Å². The van der Waals surface area contributed by atoms with Crippen molar-refractivity contribution in [3.8, 4) is 0 Å². The van der Waals surface area contributed by atoms with Gasteiger partial charge in [0.2, 0.25) is 0 Å². The molecule has 2 spiro atoms. The predicted octanol–water partition coefficient (Wildman–Crippen LogP) is 3.99. The van der Waals surface area contributed by atoms with Gasteiger partial charge >= 0.3 is 11.9 Å². The maximum absolute atomic E-state index is 13.1. The first-order chi connectivity index (χ1) is 14.2. The Morgan fingerprint density at radius 2 is 1.93 bits per heavy atom. The van der Waals surface area contributed by atoms with Crippen molar-refractivity contribution >= 4 is 17.7 Å². The second-order valence-corrected chi connectivity index (χ2v) is 11.5. The van der Waals surface area contributed by atoms with E-state index in [1.54, 1.807) is 0 Å². The second-order valence-electron chi connectivity index (χ2n) is 11.5. The monoisotopic (exact) mass is 412 g/mol. The molecule has 0 N–H and O–H groups in total. The predicted molar refractivity (Wildman–Crippen MR) is 108 cm³/mol. The Balaban J connectivity index is 1.49. The van der Waals surface area contributed by atoms with Crippen molar-refractivity contribution in [2.45, 2.75) is 77.2 Å². The van der Waals surface area contributed by atoms with E-state index < -0.39 is 0 Å². The first-order valence-electron chi connectivity index (χ1n) is 11.7. The highest BCUT2D eigenvalue weighted by molar-refractivity contribution is 5.92. The summed E-state index contributed by atoms with van der Waals surface area (Å²) in [6.45, 7) is 4.71. The highest BCUT2D eigenvalue weighted by Gasteiger charge is 2.81. The van der Waals surface area contributed by atoms with Crippen LogP contribution < -0.4 is 0 Å². The molecule has 4 saturated carbocycles. The molecule has 0 aromatic heterocycles. The van der Waals surface area contributed by atoms with Gasteiger partial charge in [0, 0.05) is 18.3 Å². The summed E-state index contributed by atoms with van der Waals surface area (Å²) in [4.78, 5) is 37.5. The maximum Gasteiger partial charge on any atom is 0.309 e. The minimum Gasteiger partial charge on any atom is -0.469 e. The second kappa shape index (κ2) is 5.58. The standard InChI is InChI=1S/C25H32O5/c1-22-7-4-16(26)10-14(22)11-17(21(28)29-3)20-18-5-8-24(9-6-19(27)30-24)23(18,2)12-15-13-25(15,20)22/h10,15,17-18,20H,4-9,11-13H2,1-3H3/t15-,17+,18-,20?,22?,23?,24+,25?/m0/s1. The molecule has 4 unspecified atom stereocenters. The summed E-state index contributed by atoms with van der Waals surface area (Å²) >= 11 is 0. The van der Waals surface area contributed by atoms with E-state index in [4.69, 9.17) is 9.47 Å². The Hall–Kier alpha value is -1.65. The Morgan fingerprint density at radius 3 is 2.63 bits per heavy atom. The lowest BCUT2D eigenvalue weighted by molar-refractivity contribution is -0.179. The van der Waals surface area contributed by atoms with E-state index >= 15 is 0 Å². The molecule has 0 aromatic carbocycles. The van der Waals surface area contributed by atoms with Crippen molar-refractivity contribution in [2.75, 3.05) is 7.11 Å². The summed E-state index contributed by atoms with van der Waals surface area (Å²) < 4.78 is 11.4. The van der Waals surface area contributed by atoms with Gasteiger partial charge in [0.15, 0.2) is 5.78 Å². The van der Waals surface area contributed by atoms with E-state index in [1.807, 2.05) is 6.08 Å². The van der Waals surface area contributed by atoms with Gasteiger partial charge in [0.25, 0.3) is 0 Å². The molecule has 1 aliphatic heterocycles. The normalized spacial score (nSPS) is 53.2. The molecular weight excluding hydrogens is 380 g/mol. The average molecular weight is 413 g/mol. The van der Waals surface area contributed by atoms with Gasteiger partial charge in [-0.15, -0.1) is 0 Å². The molecule has 0 radical (unpaired) electrons. The summed E-state index contributed by atoms with van der Waals surface area (Å²) in [6, 6.07) is 0. The molecule has 5 aliphatic carbocycles. The molecule has 5 nitrogen and oxygen atoms in total. The first-order valence-corrected chi connectivity index (χ1v) is 11.7. The van der Waals surface area contributed by atoms with Crippen LogP contribution in [0, 0.1) is 39.9 Å². The number of hydrogen-bond donors (Lipinski definition) is 0. The van der Waals surface area contributed by atoms with E-state index in [2.05, 4.69) is 13.8 Å². The summed E-state index contributed by atoms with van der Waals surface area (Å²) in [7, 11) is 1.49. The van der Waals surface area contributed by atoms with Crippen LogP contribution in [0.15, 0.2) is 11.6 Å². The lowest BCUT2D eigenvalue weighted by Gasteiger charge is -2.61. The summed E-state index contributed by atoms with van der Waals surface area (Å²) in [5.74, 6) is 0.982. The van der Waals surface area contributed by atoms with Crippen LogP contribution in [-0.4, -0.2) is 30.4 Å². The zero-order chi connectivity index (χ0) is 21.1. The van der Waals surface area contributed by atoms with Gasteiger partial charge in [-0.2, -0.15) is 0 Å². The number of ether oxygens (including phenoxy) is 2. The number of ketones is 1. The Kier molecular flexibility index (Phi) is 3.54. The smallest absolute Gasteiger partial charge is 0.309 e. The summed E-state index contributed by atoms with van der Waals surface area (Å²) in [5.41, 5.74) is 0.877. The van der Waals surface area contributed by atoms with Crippen molar-refractivity contribution in [3.63, 3.8) is 0 Å². The van der Waals surface area contributed by atoms with Crippen LogP contribution >= 0.6 is 0 Å². The Labute approximate surface area is 177 Å². The zero-order valence-corrected chi connectivity index (χ0v) is 18.3. The van der Waals surface area contributed by atoms with Gasteiger partial charge in [-0.25, -0.2) is 0 Å². The van der Waals surface area contributed by atoms with Crippen molar-refractivity contribution < 1.29 is 23.9 Å². The van der Waals surface area contributed by atoms with Crippen LogP contribution in [0.25, 0.3) is 0 Å². The van der Waals surface area contributed by atoms with Crippen LogP contribution in [0.5, 0.6) is 0 Å². The fourth-order valence-corrected chi connectivity index (χ4v) is 9.53. The minimum absolute atomic E-state index is 0.00417. The van der Waals surface area contributed by atoms with Crippen LogP contribution in [0.4, 0.5) is 0 Å². The molecule has 1 heterocycles. The third-order valence-electron chi connectivity index (χ3n) is 10.9. The largest absolute Gasteiger partial charge is 0.469 e. The quantitative estimate of drug-likeness (QED) is 0.609. The highest BCUT2D eigenvalue weighted by Crippen LogP contribution is 2.85. The third kappa shape index (κ3) is 1.94. The fourth-order valence-electron chi connectivity index (χ4n) is 9.53. The molecule has 0 aromatic rings.